The number of carbonyl (C=O) groups is 1. The molecule has 23 heavy (non-hydrogen) atoms. The monoisotopic (exact) mass is 341 g/mol. The lowest BCUT2D eigenvalue weighted by atomic mass is 10.2. The minimum atomic E-state index is -3.85. The van der Waals surface area contributed by atoms with Crippen LogP contribution >= 0.6 is 0 Å². The normalized spacial score (nSPS) is 19.3. The van der Waals surface area contributed by atoms with Crippen LogP contribution in [-0.4, -0.2) is 56.5 Å². The molecule has 0 radical (unpaired) electrons. The van der Waals surface area contributed by atoms with Gasteiger partial charge in [-0.15, -0.1) is 0 Å². The van der Waals surface area contributed by atoms with Crippen LogP contribution in [0.3, 0.4) is 0 Å². The Morgan fingerprint density at radius 3 is 2.83 bits per heavy atom. The first-order chi connectivity index (χ1) is 10.9. The zero-order valence-electron chi connectivity index (χ0n) is 13.4. The summed E-state index contributed by atoms with van der Waals surface area (Å²) in [5.74, 6) is -0.668. The van der Waals surface area contributed by atoms with Gasteiger partial charge in [-0.25, -0.2) is 8.42 Å². The van der Waals surface area contributed by atoms with Gasteiger partial charge in [0.2, 0.25) is 5.91 Å². The van der Waals surface area contributed by atoms with E-state index >= 15 is 0 Å². The van der Waals surface area contributed by atoms with Gasteiger partial charge in [0.1, 0.15) is 0 Å². The Kier molecular flexibility index (Phi) is 5.74. The third kappa shape index (κ3) is 3.89. The first-order valence-electron chi connectivity index (χ1n) is 7.61. The van der Waals surface area contributed by atoms with E-state index in [0.717, 1.165) is 30.4 Å². The van der Waals surface area contributed by atoms with E-state index in [4.69, 9.17) is 10.6 Å². The third-order valence-electron chi connectivity index (χ3n) is 4.15. The lowest BCUT2D eigenvalue weighted by Crippen LogP contribution is -2.42. The summed E-state index contributed by atoms with van der Waals surface area (Å²) in [5, 5.41) is 0. The number of hydrogen-bond acceptors (Lipinski definition) is 5. The van der Waals surface area contributed by atoms with Crippen LogP contribution in [-0.2, 0) is 14.9 Å². The highest BCUT2D eigenvalue weighted by Gasteiger charge is 2.32. The summed E-state index contributed by atoms with van der Waals surface area (Å²) in [6.07, 6.45) is 1.98. The number of primary amides is 1. The Balaban J connectivity index is 2.25. The minimum Gasteiger partial charge on any atom is -0.366 e. The van der Waals surface area contributed by atoms with Gasteiger partial charge in [0, 0.05) is 11.6 Å². The van der Waals surface area contributed by atoms with Gasteiger partial charge < -0.3 is 5.73 Å². The van der Waals surface area contributed by atoms with Crippen LogP contribution in [0.2, 0.25) is 0 Å². The molecule has 1 heterocycles. The summed E-state index contributed by atoms with van der Waals surface area (Å²) in [5.41, 5.74) is 5.37. The van der Waals surface area contributed by atoms with Crippen LogP contribution < -0.4 is 5.73 Å². The first-order valence-corrected chi connectivity index (χ1v) is 9.05. The molecule has 1 aromatic rings. The molecule has 1 aromatic carbocycles. The molecule has 0 spiro atoms. The molecular weight excluding hydrogens is 318 g/mol. The van der Waals surface area contributed by atoms with Gasteiger partial charge in [-0.1, -0.05) is 17.5 Å². The van der Waals surface area contributed by atoms with Gasteiger partial charge >= 0.3 is 0 Å². The van der Waals surface area contributed by atoms with E-state index in [1.54, 1.807) is 0 Å². The van der Waals surface area contributed by atoms with E-state index < -0.39 is 15.9 Å². The lowest BCUT2D eigenvalue weighted by molar-refractivity contribution is -0.0607. The lowest BCUT2D eigenvalue weighted by Gasteiger charge is -2.28. The molecule has 1 atom stereocenters. The zero-order chi connectivity index (χ0) is 17.0. The Morgan fingerprint density at radius 1 is 1.48 bits per heavy atom. The van der Waals surface area contributed by atoms with Gasteiger partial charge in [-0.2, -0.15) is 0 Å². The number of hydroxylamine groups is 1. The van der Waals surface area contributed by atoms with Gasteiger partial charge in [-0.05, 0) is 44.1 Å². The average Bonchev–Trinajstić information content (AvgIpc) is 2.99. The van der Waals surface area contributed by atoms with Crippen molar-refractivity contribution >= 4 is 15.9 Å². The van der Waals surface area contributed by atoms with Crippen LogP contribution in [0.15, 0.2) is 29.2 Å². The molecule has 128 valence electrons. The number of amides is 1. The average molecular weight is 341 g/mol. The second kappa shape index (κ2) is 7.39. The predicted molar refractivity (Wildman–Crippen MR) is 86.1 cm³/mol. The van der Waals surface area contributed by atoms with Crippen molar-refractivity contribution in [1.29, 1.82) is 0 Å². The summed E-state index contributed by atoms with van der Waals surface area (Å²) in [4.78, 5) is 18.6. The fourth-order valence-corrected chi connectivity index (χ4v) is 4.21. The SMILES string of the molecule is CCN1CCCC1CN(OC)S(=O)(=O)c1cccc(C(N)=O)c1. The fourth-order valence-electron chi connectivity index (χ4n) is 2.89. The number of rotatable bonds is 7. The minimum absolute atomic E-state index is 0.00306. The number of nitrogens with two attached hydrogens (primary N) is 1. The summed E-state index contributed by atoms with van der Waals surface area (Å²) < 4.78 is 26.5. The quantitative estimate of drug-likeness (QED) is 0.741. The third-order valence-corrected chi connectivity index (χ3v) is 5.84. The topological polar surface area (TPSA) is 92.9 Å². The van der Waals surface area contributed by atoms with Crippen molar-refractivity contribution in [2.75, 3.05) is 26.7 Å². The van der Waals surface area contributed by atoms with Crippen molar-refractivity contribution < 1.29 is 18.0 Å². The van der Waals surface area contributed by atoms with Gasteiger partial charge in [0.15, 0.2) is 0 Å². The maximum Gasteiger partial charge on any atom is 0.265 e. The van der Waals surface area contributed by atoms with Crippen LogP contribution in [0, 0.1) is 0 Å². The molecule has 1 aliphatic heterocycles. The van der Waals surface area contributed by atoms with Crippen molar-refractivity contribution in [3.63, 3.8) is 0 Å². The first kappa shape index (κ1) is 17.9. The summed E-state index contributed by atoms with van der Waals surface area (Å²) >= 11 is 0. The predicted octanol–water partition coefficient (Wildman–Crippen LogP) is 0.822. The molecule has 0 bridgehead atoms. The molecule has 1 saturated heterocycles. The Morgan fingerprint density at radius 2 is 2.22 bits per heavy atom. The molecule has 1 fully saturated rings. The van der Waals surface area contributed by atoms with Crippen molar-refractivity contribution in [3.05, 3.63) is 29.8 Å². The highest BCUT2D eigenvalue weighted by Crippen LogP contribution is 2.22. The molecule has 0 saturated carbocycles. The summed E-state index contributed by atoms with van der Waals surface area (Å²) in [6.45, 7) is 4.16. The zero-order valence-corrected chi connectivity index (χ0v) is 14.3. The maximum atomic E-state index is 12.8. The number of benzene rings is 1. The molecule has 7 nitrogen and oxygen atoms in total. The summed E-state index contributed by atoms with van der Waals surface area (Å²) in [6, 6.07) is 5.81. The molecule has 0 aliphatic carbocycles. The molecule has 1 amide bonds. The fraction of sp³-hybridized carbons (Fsp3) is 0.533. The Labute approximate surface area is 137 Å². The van der Waals surface area contributed by atoms with Gasteiger partial charge in [0.25, 0.3) is 10.0 Å². The van der Waals surface area contributed by atoms with Crippen molar-refractivity contribution in [2.45, 2.75) is 30.7 Å². The van der Waals surface area contributed by atoms with E-state index in [1.807, 2.05) is 0 Å². The van der Waals surface area contributed by atoms with E-state index in [2.05, 4.69) is 11.8 Å². The second-order valence-electron chi connectivity index (χ2n) is 5.49. The van der Waals surface area contributed by atoms with Crippen molar-refractivity contribution in [1.82, 2.24) is 9.37 Å². The largest absolute Gasteiger partial charge is 0.366 e. The van der Waals surface area contributed by atoms with Crippen molar-refractivity contribution in [2.24, 2.45) is 5.73 Å². The molecule has 1 aliphatic rings. The van der Waals surface area contributed by atoms with E-state index in [-0.39, 0.29) is 23.0 Å². The molecule has 8 heteroatoms. The second-order valence-corrected chi connectivity index (χ2v) is 7.32. The molecule has 0 aromatic heterocycles. The molecule has 2 N–H and O–H groups in total. The van der Waals surface area contributed by atoms with Gasteiger partial charge in [-0.3, -0.25) is 14.5 Å². The van der Waals surface area contributed by atoms with E-state index in [0.29, 0.717) is 0 Å². The number of nitrogens with zero attached hydrogens (tertiary/aromatic N) is 2. The highest BCUT2D eigenvalue weighted by atomic mass is 32.2. The number of likely N-dealkylation sites (N-methyl/N-ethyl adjacent to an activating group) is 1. The number of likely N-dealkylation sites (tertiary alicyclic amines) is 1. The summed E-state index contributed by atoms with van der Waals surface area (Å²) in [7, 11) is -2.52. The van der Waals surface area contributed by atoms with Crippen LogP contribution in [0.25, 0.3) is 0 Å². The Hall–Kier alpha value is -1.48. The van der Waals surface area contributed by atoms with E-state index in [1.165, 1.54) is 31.4 Å². The maximum absolute atomic E-state index is 12.8. The van der Waals surface area contributed by atoms with Crippen molar-refractivity contribution in [3.8, 4) is 0 Å². The number of sulfonamides is 1. The van der Waals surface area contributed by atoms with Gasteiger partial charge in [0.05, 0.1) is 18.6 Å². The van der Waals surface area contributed by atoms with Crippen LogP contribution in [0.5, 0.6) is 0 Å². The number of hydrogen-bond donors (Lipinski definition) is 1. The molecule has 2 rings (SSSR count). The van der Waals surface area contributed by atoms with Crippen LogP contribution in [0.1, 0.15) is 30.1 Å². The molecular formula is C15H23N3O4S. The van der Waals surface area contributed by atoms with E-state index in [9.17, 15) is 13.2 Å². The number of carbonyl (C=O) groups excluding carboxylic acids is 1. The smallest absolute Gasteiger partial charge is 0.265 e. The van der Waals surface area contributed by atoms with Crippen LogP contribution in [0.4, 0.5) is 0 Å². The Bertz CT molecular complexity index is 662. The highest BCUT2D eigenvalue weighted by molar-refractivity contribution is 7.89. The molecule has 1 unspecified atom stereocenters. The standard InChI is InChI=1S/C15H23N3O4S/c1-3-17-9-5-7-13(17)11-18(22-2)23(20,21)14-8-4-6-12(10-14)15(16)19/h4,6,8,10,13H,3,5,7,9,11H2,1-2H3,(H2,16,19).